The second-order valence-corrected chi connectivity index (χ2v) is 3.78. The van der Waals surface area contributed by atoms with E-state index in [0.29, 0.717) is 17.6 Å². The van der Waals surface area contributed by atoms with Crippen molar-refractivity contribution in [1.82, 2.24) is 4.98 Å². The molecule has 0 saturated carbocycles. The predicted molar refractivity (Wildman–Crippen MR) is 51.0 cm³/mol. The van der Waals surface area contributed by atoms with E-state index < -0.39 is 0 Å². The average Bonchev–Trinajstić information content (AvgIpc) is 2.46. The minimum absolute atomic E-state index is 0.179. The van der Waals surface area contributed by atoms with Crippen molar-refractivity contribution in [2.75, 3.05) is 12.4 Å². The summed E-state index contributed by atoms with van der Waals surface area (Å²) in [6.45, 7) is 12.9. The van der Waals surface area contributed by atoms with Gasteiger partial charge in [0.2, 0.25) is 0 Å². The van der Waals surface area contributed by atoms with Crippen LogP contribution in [0.5, 0.6) is 0 Å². The van der Waals surface area contributed by atoms with E-state index in [0.717, 1.165) is 0 Å². The van der Waals surface area contributed by atoms with Gasteiger partial charge in [0.15, 0.2) is 0 Å². The molecule has 1 N–H and O–H groups in total. The zero-order chi connectivity index (χ0) is 10.1. The highest BCUT2D eigenvalue weighted by Gasteiger charge is 2.26. The van der Waals surface area contributed by atoms with Crippen LogP contribution in [-0.2, 0) is 5.41 Å². The highest BCUT2D eigenvalue weighted by atomic mass is 16.4. The molecule has 0 aliphatic carbocycles. The SMILES string of the molecule is [C-]#[N+]c1nc(NC)oc1C(C)(C)C. The Morgan fingerprint density at radius 1 is 1.46 bits per heavy atom. The quantitative estimate of drug-likeness (QED) is 0.674. The van der Waals surface area contributed by atoms with Gasteiger partial charge in [0.05, 0.1) is 0 Å². The molecule has 1 heterocycles. The molecule has 0 radical (unpaired) electrons. The van der Waals surface area contributed by atoms with Crippen LogP contribution in [0.25, 0.3) is 4.85 Å². The molecule has 13 heavy (non-hydrogen) atoms. The van der Waals surface area contributed by atoms with E-state index in [1.807, 2.05) is 20.8 Å². The standard InChI is InChI=1S/C9H13N3O/c1-9(2,3)6-7(10-4)12-8(11-5)13-6/h1-3,5H3,(H,11,12). The number of oxazole rings is 1. The lowest BCUT2D eigenvalue weighted by Gasteiger charge is -2.14. The Hall–Kier alpha value is -1.50. The third-order valence-electron chi connectivity index (χ3n) is 1.61. The van der Waals surface area contributed by atoms with Crippen molar-refractivity contribution in [2.24, 2.45) is 0 Å². The first-order valence-electron chi connectivity index (χ1n) is 4.05. The number of rotatable bonds is 1. The number of anilines is 1. The molecule has 0 amide bonds. The van der Waals surface area contributed by atoms with E-state index in [1.54, 1.807) is 7.05 Å². The Morgan fingerprint density at radius 2 is 2.08 bits per heavy atom. The zero-order valence-electron chi connectivity index (χ0n) is 8.30. The molecule has 0 aliphatic rings. The third kappa shape index (κ3) is 1.81. The molecule has 0 spiro atoms. The molecular weight excluding hydrogens is 166 g/mol. The molecule has 0 fully saturated rings. The summed E-state index contributed by atoms with van der Waals surface area (Å²) in [4.78, 5) is 7.29. The molecule has 4 nitrogen and oxygen atoms in total. The van der Waals surface area contributed by atoms with Gasteiger partial charge in [-0.05, 0) is 0 Å². The normalized spacial score (nSPS) is 11.0. The molecule has 0 atom stereocenters. The molecule has 0 aliphatic heterocycles. The lowest BCUT2D eigenvalue weighted by molar-refractivity contribution is 0.419. The van der Waals surface area contributed by atoms with E-state index in [9.17, 15) is 0 Å². The van der Waals surface area contributed by atoms with Crippen LogP contribution in [0.1, 0.15) is 26.5 Å². The summed E-state index contributed by atoms with van der Waals surface area (Å²) in [5.41, 5.74) is -0.179. The Morgan fingerprint density at radius 3 is 2.38 bits per heavy atom. The molecule has 1 aromatic rings. The monoisotopic (exact) mass is 179 g/mol. The second-order valence-electron chi connectivity index (χ2n) is 3.78. The largest absolute Gasteiger partial charge is 0.422 e. The molecule has 0 aromatic carbocycles. The topological polar surface area (TPSA) is 42.4 Å². The molecule has 1 aromatic heterocycles. The Bertz CT molecular complexity index is 341. The van der Waals surface area contributed by atoms with Gasteiger partial charge in [0.1, 0.15) is 5.76 Å². The summed E-state index contributed by atoms with van der Waals surface area (Å²) in [7, 11) is 1.71. The van der Waals surface area contributed by atoms with Crippen molar-refractivity contribution < 1.29 is 4.42 Å². The van der Waals surface area contributed by atoms with Gasteiger partial charge in [-0.15, -0.1) is 0 Å². The van der Waals surface area contributed by atoms with Crippen molar-refractivity contribution >= 4 is 11.8 Å². The van der Waals surface area contributed by atoms with Gasteiger partial charge in [-0.3, -0.25) is 0 Å². The van der Waals surface area contributed by atoms with Crippen molar-refractivity contribution in [2.45, 2.75) is 26.2 Å². The molecule has 0 bridgehead atoms. The van der Waals surface area contributed by atoms with Gasteiger partial charge < -0.3 is 14.6 Å². The first kappa shape index (κ1) is 9.59. The Kier molecular flexibility index (Phi) is 2.28. The van der Waals surface area contributed by atoms with Gasteiger partial charge >= 0.3 is 11.8 Å². The molecule has 4 heteroatoms. The molecule has 0 saturated heterocycles. The van der Waals surface area contributed by atoms with Crippen LogP contribution in [0, 0.1) is 6.57 Å². The number of nitrogens with one attached hydrogen (secondary N) is 1. The smallest absolute Gasteiger partial charge is 0.392 e. The number of aromatic nitrogens is 1. The van der Waals surface area contributed by atoms with Crippen LogP contribution < -0.4 is 5.32 Å². The van der Waals surface area contributed by atoms with Gasteiger partial charge in [-0.1, -0.05) is 32.3 Å². The van der Waals surface area contributed by atoms with E-state index >= 15 is 0 Å². The fraction of sp³-hybridized carbons (Fsp3) is 0.556. The summed E-state index contributed by atoms with van der Waals surface area (Å²) >= 11 is 0. The van der Waals surface area contributed by atoms with E-state index in [2.05, 4.69) is 15.1 Å². The molecule has 1 rings (SSSR count). The second kappa shape index (κ2) is 3.09. The summed E-state index contributed by atoms with van der Waals surface area (Å²) in [6, 6.07) is 0.399. The summed E-state index contributed by atoms with van der Waals surface area (Å²) < 4.78 is 5.38. The summed E-state index contributed by atoms with van der Waals surface area (Å²) in [6.07, 6.45) is 0. The van der Waals surface area contributed by atoms with Crippen LogP contribution in [-0.4, -0.2) is 12.0 Å². The van der Waals surface area contributed by atoms with Gasteiger partial charge in [-0.2, -0.15) is 0 Å². The predicted octanol–water partition coefficient (Wildman–Crippen LogP) is 2.56. The van der Waals surface area contributed by atoms with Crippen LogP contribution in [0.3, 0.4) is 0 Å². The Balaban J connectivity index is 3.21. The maximum atomic E-state index is 6.93. The van der Waals surface area contributed by atoms with Crippen LogP contribution >= 0.6 is 0 Å². The van der Waals surface area contributed by atoms with Crippen molar-refractivity contribution in [3.63, 3.8) is 0 Å². The Labute approximate surface area is 77.8 Å². The van der Waals surface area contributed by atoms with Crippen LogP contribution in [0.2, 0.25) is 0 Å². The van der Waals surface area contributed by atoms with Crippen LogP contribution in [0.4, 0.5) is 11.8 Å². The fourth-order valence-corrected chi connectivity index (χ4v) is 0.983. The zero-order valence-corrected chi connectivity index (χ0v) is 8.30. The lowest BCUT2D eigenvalue weighted by Crippen LogP contribution is -2.09. The van der Waals surface area contributed by atoms with Crippen molar-refractivity contribution in [3.05, 3.63) is 17.2 Å². The minimum Gasteiger partial charge on any atom is -0.422 e. The molecule has 0 unspecified atom stereocenters. The average molecular weight is 179 g/mol. The summed E-state index contributed by atoms with van der Waals surface area (Å²) in [5.74, 6) is 0.976. The molecular formula is C9H13N3O. The maximum absolute atomic E-state index is 6.93. The van der Waals surface area contributed by atoms with E-state index in [4.69, 9.17) is 11.0 Å². The molecule has 70 valence electrons. The first-order valence-corrected chi connectivity index (χ1v) is 4.05. The third-order valence-corrected chi connectivity index (χ3v) is 1.61. The number of hydrogen-bond acceptors (Lipinski definition) is 3. The van der Waals surface area contributed by atoms with E-state index in [1.165, 1.54) is 0 Å². The van der Waals surface area contributed by atoms with Gasteiger partial charge in [0, 0.05) is 12.5 Å². The van der Waals surface area contributed by atoms with Crippen molar-refractivity contribution in [3.8, 4) is 0 Å². The maximum Gasteiger partial charge on any atom is 0.392 e. The van der Waals surface area contributed by atoms with Crippen molar-refractivity contribution in [1.29, 1.82) is 0 Å². The van der Waals surface area contributed by atoms with E-state index in [-0.39, 0.29) is 5.41 Å². The lowest BCUT2D eigenvalue weighted by atomic mass is 9.93. The number of nitrogens with zero attached hydrogens (tertiary/aromatic N) is 2. The van der Waals surface area contributed by atoms with Gasteiger partial charge in [0.25, 0.3) is 0 Å². The highest BCUT2D eigenvalue weighted by molar-refractivity contribution is 5.47. The fourth-order valence-electron chi connectivity index (χ4n) is 0.983. The van der Waals surface area contributed by atoms with Gasteiger partial charge in [-0.25, -0.2) is 0 Å². The number of hydrogen-bond donors (Lipinski definition) is 1. The minimum atomic E-state index is -0.179. The van der Waals surface area contributed by atoms with Crippen LogP contribution in [0.15, 0.2) is 4.42 Å². The first-order chi connectivity index (χ1) is 5.99. The highest BCUT2D eigenvalue weighted by Crippen LogP contribution is 2.33. The summed E-state index contributed by atoms with van der Waals surface area (Å²) in [5, 5.41) is 2.77.